The first-order valence-electron chi connectivity index (χ1n) is 6.77. The predicted molar refractivity (Wildman–Crippen MR) is 68.0 cm³/mol. The second-order valence-corrected chi connectivity index (χ2v) is 5.48. The summed E-state index contributed by atoms with van der Waals surface area (Å²) in [5.41, 5.74) is 0.237. The summed E-state index contributed by atoms with van der Waals surface area (Å²) in [4.78, 5) is 12.1. The molecule has 0 bridgehead atoms. The van der Waals surface area contributed by atoms with Crippen molar-refractivity contribution in [3.05, 3.63) is 35.6 Å². The molecule has 1 saturated carbocycles. The molecule has 1 saturated heterocycles. The Morgan fingerprint density at radius 3 is 3.00 bits per heavy atom. The van der Waals surface area contributed by atoms with Gasteiger partial charge in [0.15, 0.2) is 5.78 Å². The zero-order chi connectivity index (χ0) is 12.5. The van der Waals surface area contributed by atoms with E-state index in [1.807, 2.05) is 0 Å². The van der Waals surface area contributed by atoms with Crippen LogP contribution in [0, 0.1) is 17.7 Å². The maximum atomic E-state index is 13.5. The van der Waals surface area contributed by atoms with E-state index in [1.54, 1.807) is 18.2 Å². The van der Waals surface area contributed by atoms with E-state index in [9.17, 15) is 9.18 Å². The number of ketones is 1. The molecule has 1 aromatic carbocycles. The lowest BCUT2D eigenvalue weighted by atomic mass is 9.90. The summed E-state index contributed by atoms with van der Waals surface area (Å²) in [6, 6.07) is 6.53. The third-order valence-corrected chi connectivity index (χ3v) is 4.46. The Kier molecular flexibility index (Phi) is 3.16. The molecule has 18 heavy (non-hydrogen) atoms. The van der Waals surface area contributed by atoms with Crippen molar-refractivity contribution in [2.75, 3.05) is 6.54 Å². The molecule has 0 radical (unpaired) electrons. The van der Waals surface area contributed by atoms with Crippen LogP contribution in [0.1, 0.15) is 36.0 Å². The maximum absolute atomic E-state index is 13.5. The summed E-state index contributed by atoms with van der Waals surface area (Å²) in [5, 5.41) is 3.44. The van der Waals surface area contributed by atoms with Gasteiger partial charge >= 0.3 is 0 Å². The first-order chi connectivity index (χ1) is 8.75. The molecule has 3 atom stereocenters. The standard InChI is InChI=1S/C15H18FNO/c16-13-7-2-1-5-12(13)15(18)8-14-11-6-3-4-10(11)9-17-14/h1-2,5,7,10-11,14,17H,3-4,6,8-9H2. The van der Waals surface area contributed by atoms with Crippen LogP contribution in [-0.2, 0) is 0 Å². The molecule has 1 heterocycles. The molecule has 96 valence electrons. The largest absolute Gasteiger partial charge is 0.313 e. The Labute approximate surface area is 107 Å². The van der Waals surface area contributed by atoms with Crippen molar-refractivity contribution in [1.29, 1.82) is 0 Å². The van der Waals surface area contributed by atoms with E-state index in [1.165, 1.54) is 25.3 Å². The number of nitrogens with one attached hydrogen (secondary N) is 1. The molecule has 3 rings (SSSR count). The fourth-order valence-electron chi connectivity index (χ4n) is 3.52. The Morgan fingerprint density at radius 1 is 1.33 bits per heavy atom. The second-order valence-electron chi connectivity index (χ2n) is 5.48. The lowest BCUT2D eigenvalue weighted by molar-refractivity contribution is 0.0959. The van der Waals surface area contributed by atoms with E-state index in [2.05, 4.69) is 5.32 Å². The number of benzene rings is 1. The monoisotopic (exact) mass is 247 g/mol. The molecule has 0 amide bonds. The van der Waals surface area contributed by atoms with Crippen LogP contribution in [0.15, 0.2) is 24.3 Å². The molecule has 1 aliphatic carbocycles. The maximum Gasteiger partial charge on any atom is 0.167 e. The number of carbonyl (C=O) groups is 1. The van der Waals surface area contributed by atoms with E-state index >= 15 is 0 Å². The van der Waals surface area contributed by atoms with Crippen molar-refractivity contribution in [2.24, 2.45) is 11.8 Å². The SMILES string of the molecule is O=C(CC1NCC2CCCC21)c1ccccc1F. The highest BCUT2D eigenvalue weighted by Gasteiger charge is 2.39. The van der Waals surface area contributed by atoms with Gasteiger partial charge in [-0.2, -0.15) is 0 Å². The Morgan fingerprint density at radius 2 is 2.17 bits per heavy atom. The smallest absolute Gasteiger partial charge is 0.167 e. The number of rotatable bonds is 3. The number of hydrogen-bond acceptors (Lipinski definition) is 2. The molecular weight excluding hydrogens is 229 g/mol. The molecule has 0 aromatic heterocycles. The van der Waals surface area contributed by atoms with Gasteiger partial charge in [0.2, 0.25) is 0 Å². The number of halogens is 1. The molecule has 1 aliphatic heterocycles. The molecule has 2 nitrogen and oxygen atoms in total. The summed E-state index contributed by atoms with van der Waals surface area (Å²) in [6.45, 7) is 1.03. The average molecular weight is 247 g/mol. The van der Waals surface area contributed by atoms with Crippen LogP contribution in [0.25, 0.3) is 0 Å². The van der Waals surface area contributed by atoms with E-state index in [0.29, 0.717) is 12.3 Å². The second kappa shape index (κ2) is 4.81. The highest BCUT2D eigenvalue weighted by molar-refractivity contribution is 5.96. The van der Waals surface area contributed by atoms with Gasteiger partial charge in [0.05, 0.1) is 5.56 Å². The van der Waals surface area contributed by atoms with E-state index in [0.717, 1.165) is 12.5 Å². The highest BCUT2D eigenvalue weighted by Crippen LogP contribution is 2.39. The van der Waals surface area contributed by atoms with Crippen LogP contribution < -0.4 is 5.32 Å². The predicted octanol–water partition coefficient (Wildman–Crippen LogP) is 2.79. The van der Waals surface area contributed by atoms with Gasteiger partial charge in [0.25, 0.3) is 0 Å². The van der Waals surface area contributed by atoms with Crippen LogP contribution in [0.5, 0.6) is 0 Å². The van der Waals surface area contributed by atoms with Gasteiger partial charge < -0.3 is 5.32 Å². The van der Waals surface area contributed by atoms with Gasteiger partial charge in [0.1, 0.15) is 5.82 Å². The van der Waals surface area contributed by atoms with Crippen LogP contribution in [0.3, 0.4) is 0 Å². The Hall–Kier alpha value is -1.22. The normalized spacial score (nSPS) is 30.4. The highest BCUT2D eigenvalue weighted by atomic mass is 19.1. The summed E-state index contributed by atoms with van der Waals surface area (Å²) in [6.07, 6.45) is 4.21. The number of Topliss-reactive ketones (excluding diaryl/α,β-unsaturated/α-hetero) is 1. The van der Waals surface area contributed by atoms with Gasteiger partial charge in [-0.3, -0.25) is 4.79 Å². The minimum absolute atomic E-state index is 0.0712. The van der Waals surface area contributed by atoms with Gasteiger partial charge in [-0.1, -0.05) is 18.6 Å². The molecule has 1 N–H and O–H groups in total. The van der Waals surface area contributed by atoms with Crippen molar-refractivity contribution in [1.82, 2.24) is 5.32 Å². The fraction of sp³-hybridized carbons (Fsp3) is 0.533. The third kappa shape index (κ3) is 2.07. The van der Waals surface area contributed by atoms with Crippen LogP contribution >= 0.6 is 0 Å². The first-order valence-corrected chi connectivity index (χ1v) is 6.77. The zero-order valence-corrected chi connectivity index (χ0v) is 10.4. The minimum Gasteiger partial charge on any atom is -0.313 e. The van der Waals surface area contributed by atoms with Gasteiger partial charge in [0, 0.05) is 12.5 Å². The molecular formula is C15H18FNO. The quantitative estimate of drug-likeness (QED) is 0.832. The topological polar surface area (TPSA) is 29.1 Å². The summed E-state index contributed by atoms with van der Waals surface area (Å²) < 4.78 is 13.5. The Bertz CT molecular complexity index is 460. The fourth-order valence-corrected chi connectivity index (χ4v) is 3.52. The molecule has 2 fully saturated rings. The third-order valence-electron chi connectivity index (χ3n) is 4.46. The number of carbonyl (C=O) groups excluding carboxylic acids is 1. The van der Waals surface area contributed by atoms with Crippen LogP contribution in [-0.4, -0.2) is 18.4 Å². The average Bonchev–Trinajstić information content (AvgIpc) is 2.94. The van der Waals surface area contributed by atoms with E-state index < -0.39 is 5.82 Å². The van der Waals surface area contributed by atoms with Crippen molar-refractivity contribution in [2.45, 2.75) is 31.7 Å². The van der Waals surface area contributed by atoms with Crippen LogP contribution in [0.4, 0.5) is 4.39 Å². The Balaban J connectivity index is 1.70. The number of fused-ring (bicyclic) bond motifs is 1. The zero-order valence-electron chi connectivity index (χ0n) is 10.4. The van der Waals surface area contributed by atoms with E-state index in [-0.39, 0.29) is 17.4 Å². The van der Waals surface area contributed by atoms with E-state index in [4.69, 9.17) is 0 Å². The van der Waals surface area contributed by atoms with Crippen molar-refractivity contribution >= 4 is 5.78 Å². The van der Waals surface area contributed by atoms with Crippen molar-refractivity contribution in [3.8, 4) is 0 Å². The molecule has 1 aromatic rings. The molecule has 3 unspecified atom stereocenters. The lowest BCUT2D eigenvalue weighted by Gasteiger charge is -2.17. The molecule has 2 aliphatic rings. The number of hydrogen-bond donors (Lipinski definition) is 1. The lowest BCUT2D eigenvalue weighted by Crippen LogP contribution is -2.29. The first kappa shape index (κ1) is 11.8. The van der Waals surface area contributed by atoms with Crippen molar-refractivity contribution in [3.63, 3.8) is 0 Å². The summed E-state index contributed by atoms with van der Waals surface area (Å²) in [5.74, 6) is 0.894. The summed E-state index contributed by atoms with van der Waals surface area (Å²) >= 11 is 0. The minimum atomic E-state index is -0.400. The van der Waals surface area contributed by atoms with Gasteiger partial charge in [-0.25, -0.2) is 4.39 Å². The molecule has 3 heteroatoms. The van der Waals surface area contributed by atoms with Crippen molar-refractivity contribution < 1.29 is 9.18 Å². The summed E-state index contributed by atoms with van der Waals surface area (Å²) in [7, 11) is 0. The van der Waals surface area contributed by atoms with Gasteiger partial charge in [-0.05, 0) is 43.4 Å². The molecule has 0 spiro atoms. The van der Waals surface area contributed by atoms with Crippen LogP contribution in [0.2, 0.25) is 0 Å². The van der Waals surface area contributed by atoms with Gasteiger partial charge in [-0.15, -0.1) is 0 Å².